The SMILES string of the molecule is Cc1cc(NC(=S)N(Cc2ccc(Cl)cc2)Cc2ccc(C(=O)[O-])cc2)ccc1Cl. The number of carbonyl (C=O) groups is 1. The van der Waals surface area contributed by atoms with Crippen molar-refractivity contribution in [1.29, 1.82) is 0 Å². The first-order valence-corrected chi connectivity index (χ1v) is 10.3. The fourth-order valence-corrected chi connectivity index (χ4v) is 3.39. The van der Waals surface area contributed by atoms with Gasteiger partial charge in [-0.3, -0.25) is 0 Å². The monoisotopic (exact) mass is 457 g/mol. The molecule has 0 aliphatic rings. The van der Waals surface area contributed by atoms with Crippen LogP contribution in [0.25, 0.3) is 0 Å². The number of hydrogen-bond acceptors (Lipinski definition) is 3. The Labute approximate surface area is 191 Å². The summed E-state index contributed by atoms with van der Waals surface area (Å²) in [7, 11) is 0. The molecule has 0 saturated heterocycles. The lowest BCUT2D eigenvalue weighted by Gasteiger charge is -2.26. The van der Waals surface area contributed by atoms with Crippen molar-refractivity contribution in [3.63, 3.8) is 0 Å². The number of carboxylic acids is 1. The van der Waals surface area contributed by atoms with Crippen LogP contribution < -0.4 is 10.4 Å². The van der Waals surface area contributed by atoms with Crippen molar-refractivity contribution in [2.24, 2.45) is 0 Å². The van der Waals surface area contributed by atoms with Crippen LogP contribution in [0.3, 0.4) is 0 Å². The normalized spacial score (nSPS) is 10.5. The topological polar surface area (TPSA) is 55.4 Å². The van der Waals surface area contributed by atoms with Gasteiger partial charge in [-0.05, 0) is 71.7 Å². The van der Waals surface area contributed by atoms with Crippen LogP contribution >= 0.6 is 35.4 Å². The van der Waals surface area contributed by atoms with E-state index in [1.165, 1.54) is 12.1 Å². The third kappa shape index (κ3) is 5.95. The van der Waals surface area contributed by atoms with Crippen LogP contribution in [0.15, 0.2) is 66.7 Å². The maximum Gasteiger partial charge on any atom is 0.174 e. The molecule has 1 N–H and O–H groups in total. The van der Waals surface area contributed by atoms with Crippen molar-refractivity contribution in [2.45, 2.75) is 20.0 Å². The Morgan fingerprint density at radius 2 is 1.53 bits per heavy atom. The number of nitrogens with one attached hydrogen (secondary N) is 1. The quantitative estimate of drug-likeness (QED) is 0.523. The molecule has 4 nitrogen and oxygen atoms in total. The first-order valence-electron chi connectivity index (χ1n) is 9.18. The number of nitrogens with zero attached hydrogens (tertiary/aromatic N) is 1. The van der Waals surface area contributed by atoms with E-state index < -0.39 is 5.97 Å². The predicted octanol–water partition coefficient (Wildman–Crippen LogP) is 5.06. The highest BCUT2D eigenvalue weighted by atomic mass is 35.5. The molecule has 30 heavy (non-hydrogen) atoms. The molecule has 0 radical (unpaired) electrons. The van der Waals surface area contributed by atoms with E-state index in [9.17, 15) is 9.90 Å². The molecule has 7 heteroatoms. The molecule has 3 aromatic carbocycles. The van der Waals surface area contributed by atoms with E-state index >= 15 is 0 Å². The molecule has 0 saturated carbocycles. The molecule has 0 bridgehead atoms. The standard InChI is InChI=1S/C23H20Cl2N2O2S/c1-15-12-20(10-11-21(15)25)26-23(30)27(14-17-4-8-19(24)9-5-17)13-16-2-6-18(7-3-16)22(28)29/h2-12H,13-14H2,1H3,(H,26,30)(H,28,29)/p-1. The molecule has 3 rings (SSSR count). The van der Waals surface area contributed by atoms with Crippen molar-refractivity contribution in [3.05, 3.63) is 99.0 Å². The van der Waals surface area contributed by atoms with Crippen molar-refractivity contribution >= 4 is 52.2 Å². The van der Waals surface area contributed by atoms with Gasteiger partial charge in [-0.25, -0.2) is 0 Å². The second-order valence-electron chi connectivity index (χ2n) is 6.86. The third-order valence-electron chi connectivity index (χ3n) is 4.55. The smallest absolute Gasteiger partial charge is 0.174 e. The number of halogens is 2. The maximum absolute atomic E-state index is 11.0. The summed E-state index contributed by atoms with van der Waals surface area (Å²) < 4.78 is 0. The van der Waals surface area contributed by atoms with Crippen LogP contribution in [-0.2, 0) is 13.1 Å². The summed E-state index contributed by atoms with van der Waals surface area (Å²) in [5.41, 5.74) is 3.90. The molecule has 0 heterocycles. The van der Waals surface area contributed by atoms with Crippen molar-refractivity contribution in [1.82, 2.24) is 4.90 Å². The summed E-state index contributed by atoms with van der Waals surface area (Å²) in [5, 5.41) is 16.2. The zero-order chi connectivity index (χ0) is 21.7. The van der Waals surface area contributed by atoms with E-state index in [0.29, 0.717) is 28.2 Å². The number of aromatic carboxylic acids is 1. The minimum absolute atomic E-state index is 0.139. The Bertz CT molecular complexity index is 1050. The van der Waals surface area contributed by atoms with Gasteiger partial charge in [0.25, 0.3) is 0 Å². The minimum Gasteiger partial charge on any atom is -0.545 e. The molecule has 0 atom stereocenters. The van der Waals surface area contributed by atoms with Crippen LogP contribution in [0.5, 0.6) is 0 Å². The Kier molecular flexibility index (Phi) is 7.32. The summed E-state index contributed by atoms with van der Waals surface area (Å²) in [4.78, 5) is 13.0. The van der Waals surface area contributed by atoms with E-state index in [2.05, 4.69) is 5.32 Å². The zero-order valence-electron chi connectivity index (χ0n) is 16.2. The molecule has 0 aromatic heterocycles. The number of hydrogen-bond donors (Lipinski definition) is 1. The van der Waals surface area contributed by atoms with E-state index in [4.69, 9.17) is 35.4 Å². The van der Waals surface area contributed by atoms with Crippen LogP contribution in [0.1, 0.15) is 27.0 Å². The van der Waals surface area contributed by atoms with Crippen LogP contribution in [0.2, 0.25) is 10.0 Å². The van der Waals surface area contributed by atoms with E-state index in [1.807, 2.05) is 54.3 Å². The predicted molar refractivity (Wildman–Crippen MR) is 124 cm³/mol. The van der Waals surface area contributed by atoms with Crippen LogP contribution in [-0.4, -0.2) is 16.0 Å². The molecule has 0 spiro atoms. The number of thiocarbonyl (C=S) groups is 1. The number of benzene rings is 3. The number of anilines is 1. The van der Waals surface area contributed by atoms with Crippen LogP contribution in [0, 0.1) is 6.92 Å². The maximum atomic E-state index is 11.0. The van der Waals surface area contributed by atoms with Crippen molar-refractivity contribution in [2.75, 3.05) is 5.32 Å². The van der Waals surface area contributed by atoms with Gasteiger partial charge in [-0.15, -0.1) is 0 Å². The molecular weight excluding hydrogens is 439 g/mol. The highest BCUT2D eigenvalue weighted by Crippen LogP contribution is 2.21. The minimum atomic E-state index is -1.20. The lowest BCUT2D eigenvalue weighted by atomic mass is 10.1. The van der Waals surface area contributed by atoms with Crippen LogP contribution in [0.4, 0.5) is 5.69 Å². The Hall–Kier alpha value is -2.60. The Morgan fingerprint density at radius 3 is 2.07 bits per heavy atom. The highest BCUT2D eigenvalue weighted by Gasteiger charge is 2.13. The largest absolute Gasteiger partial charge is 0.545 e. The zero-order valence-corrected chi connectivity index (χ0v) is 18.5. The van der Waals surface area contributed by atoms with Gasteiger partial charge in [0.2, 0.25) is 0 Å². The number of aryl methyl sites for hydroxylation is 1. The van der Waals surface area contributed by atoms with Gasteiger partial charge in [0.15, 0.2) is 5.11 Å². The first kappa shape index (κ1) is 22.1. The summed E-state index contributed by atoms with van der Waals surface area (Å²) in [6, 6.07) is 19.8. The van der Waals surface area contributed by atoms with Gasteiger partial charge < -0.3 is 20.1 Å². The molecule has 154 valence electrons. The number of rotatable bonds is 6. The first-order chi connectivity index (χ1) is 14.3. The van der Waals surface area contributed by atoms with Gasteiger partial charge in [-0.2, -0.15) is 0 Å². The lowest BCUT2D eigenvalue weighted by molar-refractivity contribution is -0.255. The Morgan fingerprint density at radius 1 is 0.967 bits per heavy atom. The lowest BCUT2D eigenvalue weighted by Crippen LogP contribution is -2.34. The van der Waals surface area contributed by atoms with Crippen molar-refractivity contribution < 1.29 is 9.90 Å². The van der Waals surface area contributed by atoms with Gasteiger partial charge >= 0.3 is 0 Å². The summed E-state index contributed by atoms with van der Waals surface area (Å²) >= 11 is 17.8. The summed E-state index contributed by atoms with van der Waals surface area (Å²) in [6.07, 6.45) is 0. The molecule has 0 fully saturated rings. The fourth-order valence-electron chi connectivity index (χ4n) is 2.90. The number of carbonyl (C=O) groups excluding carboxylic acids is 1. The third-order valence-corrected chi connectivity index (χ3v) is 5.58. The average molecular weight is 458 g/mol. The van der Waals surface area contributed by atoms with E-state index in [1.54, 1.807) is 12.1 Å². The van der Waals surface area contributed by atoms with E-state index in [-0.39, 0.29) is 5.56 Å². The fraction of sp³-hybridized carbons (Fsp3) is 0.130. The average Bonchev–Trinajstić information content (AvgIpc) is 2.72. The number of carboxylic acid groups (broad SMARTS) is 1. The summed E-state index contributed by atoms with van der Waals surface area (Å²) in [5.74, 6) is -1.20. The second-order valence-corrected chi connectivity index (χ2v) is 8.09. The second kappa shape index (κ2) is 9.94. The van der Waals surface area contributed by atoms with E-state index in [0.717, 1.165) is 22.4 Å². The molecular formula is C23H19Cl2N2O2S-. The molecule has 0 unspecified atom stereocenters. The summed E-state index contributed by atoms with van der Waals surface area (Å²) in [6.45, 7) is 2.98. The van der Waals surface area contributed by atoms with Crippen molar-refractivity contribution in [3.8, 4) is 0 Å². The Balaban J connectivity index is 1.81. The highest BCUT2D eigenvalue weighted by molar-refractivity contribution is 7.80. The van der Waals surface area contributed by atoms with Gasteiger partial charge in [0.1, 0.15) is 0 Å². The molecule has 0 amide bonds. The van der Waals surface area contributed by atoms with Gasteiger partial charge in [0, 0.05) is 28.8 Å². The molecule has 0 aliphatic heterocycles. The molecule has 3 aromatic rings. The van der Waals surface area contributed by atoms with Gasteiger partial charge in [-0.1, -0.05) is 59.6 Å². The van der Waals surface area contributed by atoms with Gasteiger partial charge in [0.05, 0.1) is 5.97 Å². The molecule has 0 aliphatic carbocycles.